The van der Waals surface area contributed by atoms with Gasteiger partial charge in [0.05, 0.1) is 27.9 Å². The van der Waals surface area contributed by atoms with E-state index in [-0.39, 0.29) is 6.10 Å². The van der Waals surface area contributed by atoms with E-state index in [0.29, 0.717) is 5.02 Å². The van der Waals surface area contributed by atoms with Crippen molar-refractivity contribution in [2.75, 3.05) is 18.5 Å². The van der Waals surface area contributed by atoms with E-state index < -0.39 is 0 Å². The lowest BCUT2D eigenvalue weighted by Gasteiger charge is -2.26. The molecule has 0 radical (unpaired) electrons. The van der Waals surface area contributed by atoms with Gasteiger partial charge in [-0.05, 0) is 45.6 Å². The Labute approximate surface area is 132 Å². The number of halogens is 2. The fourth-order valence-electron chi connectivity index (χ4n) is 2.49. The van der Waals surface area contributed by atoms with Crippen LogP contribution >= 0.6 is 27.5 Å². The van der Waals surface area contributed by atoms with Crippen LogP contribution in [0.4, 0.5) is 5.69 Å². The smallest absolute Gasteiger partial charge is 0.0999 e. The van der Waals surface area contributed by atoms with Crippen LogP contribution in [0.25, 0.3) is 0 Å². The molecule has 1 aliphatic heterocycles. The summed E-state index contributed by atoms with van der Waals surface area (Å²) < 4.78 is 6.78. The fourth-order valence-corrected chi connectivity index (χ4v) is 3.07. The van der Waals surface area contributed by atoms with Gasteiger partial charge >= 0.3 is 0 Å². The summed E-state index contributed by atoms with van der Waals surface area (Å²) in [5, 5.41) is 4.12. The second-order valence-corrected chi connectivity index (χ2v) is 5.99. The highest BCUT2D eigenvalue weighted by Gasteiger charge is 2.20. The number of rotatable bonds is 3. The van der Waals surface area contributed by atoms with Crippen LogP contribution in [-0.4, -0.2) is 13.2 Å². The molecule has 104 valence electrons. The number of benzene rings is 2. The standard InChI is InChI=1S/C16H15BrClNO/c17-16-13(18)6-3-7-14(16)19-10-15-12-5-2-1-4-11(12)8-9-20-15/h1-7,15,19H,8-10H2. The van der Waals surface area contributed by atoms with Crippen molar-refractivity contribution in [3.05, 3.63) is 63.1 Å². The van der Waals surface area contributed by atoms with Crippen LogP contribution in [0.5, 0.6) is 0 Å². The van der Waals surface area contributed by atoms with Crippen LogP contribution in [0.1, 0.15) is 17.2 Å². The normalized spacial score (nSPS) is 17.6. The van der Waals surface area contributed by atoms with Crippen LogP contribution in [-0.2, 0) is 11.2 Å². The minimum Gasteiger partial charge on any atom is -0.381 e. The molecule has 0 fully saturated rings. The third kappa shape index (κ3) is 2.85. The molecule has 1 heterocycles. The maximum absolute atomic E-state index is 6.10. The maximum atomic E-state index is 6.10. The molecule has 0 bridgehead atoms. The maximum Gasteiger partial charge on any atom is 0.0999 e. The topological polar surface area (TPSA) is 21.3 Å². The molecule has 4 heteroatoms. The molecule has 1 atom stereocenters. The Morgan fingerprint density at radius 1 is 1.20 bits per heavy atom. The molecule has 1 aliphatic rings. The van der Waals surface area contributed by atoms with Crippen molar-refractivity contribution in [2.45, 2.75) is 12.5 Å². The molecule has 1 N–H and O–H groups in total. The summed E-state index contributed by atoms with van der Waals surface area (Å²) >= 11 is 9.60. The summed E-state index contributed by atoms with van der Waals surface area (Å²) in [6, 6.07) is 14.3. The van der Waals surface area contributed by atoms with E-state index in [9.17, 15) is 0 Å². The number of fused-ring (bicyclic) bond motifs is 1. The van der Waals surface area contributed by atoms with E-state index in [1.54, 1.807) is 0 Å². The molecule has 0 amide bonds. The van der Waals surface area contributed by atoms with Gasteiger partial charge in [-0.15, -0.1) is 0 Å². The first-order valence-corrected chi connectivity index (χ1v) is 7.80. The van der Waals surface area contributed by atoms with Gasteiger partial charge in [-0.3, -0.25) is 0 Å². The lowest BCUT2D eigenvalue weighted by Crippen LogP contribution is -2.22. The van der Waals surface area contributed by atoms with Gasteiger partial charge in [0.1, 0.15) is 0 Å². The molecule has 20 heavy (non-hydrogen) atoms. The lowest BCUT2D eigenvalue weighted by atomic mass is 9.97. The van der Waals surface area contributed by atoms with Crippen LogP contribution < -0.4 is 5.32 Å². The number of ether oxygens (including phenoxy) is 1. The van der Waals surface area contributed by atoms with Crippen molar-refractivity contribution >= 4 is 33.2 Å². The summed E-state index contributed by atoms with van der Waals surface area (Å²) in [6.07, 6.45) is 1.08. The minimum absolute atomic E-state index is 0.0887. The molecule has 2 aromatic rings. The second kappa shape index (κ2) is 6.17. The number of anilines is 1. The molecule has 0 aliphatic carbocycles. The molecular formula is C16H15BrClNO. The average molecular weight is 353 g/mol. The molecule has 2 aromatic carbocycles. The monoisotopic (exact) mass is 351 g/mol. The van der Waals surface area contributed by atoms with Crippen molar-refractivity contribution in [1.29, 1.82) is 0 Å². The van der Waals surface area contributed by atoms with Crippen LogP contribution in [0.15, 0.2) is 46.9 Å². The van der Waals surface area contributed by atoms with Crippen LogP contribution in [0, 0.1) is 0 Å². The summed E-state index contributed by atoms with van der Waals surface area (Å²) in [5.41, 5.74) is 3.66. The molecular weight excluding hydrogens is 338 g/mol. The highest BCUT2D eigenvalue weighted by molar-refractivity contribution is 9.10. The number of hydrogen-bond acceptors (Lipinski definition) is 2. The highest BCUT2D eigenvalue weighted by atomic mass is 79.9. The minimum atomic E-state index is 0.0887. The number of nitrogens with one attached hydrogen (secondary N) is 1. The Hall–Kier alpha value is -1.03. The van der Waals surface area contributed by atoms with Crippen molar-refractivity contribution in [3.8, 4) is 0 Å². The predicted octanol–water partition coefficient (Wildman–Crippen LogP) is 4.83. The first kappa shape index (κ1) is 13.9. The fraction of sp³-hybridized carbons (Fsp3) is 0.250. The predicted molar refractivity (Wildman–Crippen MR) is 86.5 cm³/mol. The molecule has 0 aromatic heterocycles. The van der Waals surface area contributed by atoms with Crippen molar-refractivity contribution < 1.29 is 4.74 Å². The van der Waals surface area contributed by atoms with E-state index in [1.165, 1.54) is 11.1 Å². The molecule has 2 nitrogen and oxygen atoms in total. The summed E-state index contributed by atoms with van der Waals surface area (Å²) in [5.74, 6) is 0. The molecule has 0 saturated heterocycles. The molecule has 3 rings (SSSR count). The molecule has 1 unspecified atom stereocenters. The zero-order valence-electron chi connectivity index (χ0n) is 10.9. The average Bonchev–Trinajstić information content (AvgIpc) is 2.49. The Morgan fingerprint density at radius 2 is 2.05 bits per heavy atom. The van der Waals surface area contributed by atoms with Gasteiger partial charge in [-0.1, -0.05) is 41.9 Å². The zero-order chi connectivity index (χ0) is 13.9. The largest absolute Gasteiger partial charge is 0.381 e. The van der Waals surface area contributed by atoms with Crippen LogP contribution in [0.3, 0.4) is 0 Å². The summed E-state index contributed by atoms with van der Waals surface area (Å²) in [7, 11) is 0. The van der Waals surface area contributed by atoms with Crippen molar-refractivity contribution in [1.82, 2.24) is 0 Å². The third-order valence-corrected chi connectivity index (χ3v) is 4.92. The van der Waals surface area contributed by atoms with Gasteiger partial charge in [-0.2, -0.15) is 0 Å². The Bertz CT molecular complexity index is 617. The van der Waals surface area contributed by atoms with Gasteiger partial charge in [0.2, 0.25) is 0 Å². The van der Waals surface area contributed by atoms with Gasteiger partial charge in [0.15, 0.2) is 0 Å². The number of hydrogen-bond donors (Lipinski definition) is 1. The van der Waals surface area contributed by atoms with E-state index in [1.807, 2.05) is 18.2 Å². The SMILES string of the molecule is Clc1cccc(NCC2OCCc3ccccc32)c1Br. The van der Waals surface area contributed by atoms with E-state index in [0.717, 1.165) is 29.7 Å². The van der Waals surface area contributed by atoms with Crippen molar-refractivity contribution in [3.63, 3.8) is 0 Å². The third-order valence-electron chi connectivity index (χ3n) is 3.52. The summed E-state index contributed by atoms with van der Waals surface area (Å²) in [6.45, 7) is 1.51. The van der Waals surface area contributed by atoms with Gasteiger partial charge in [0.25, 0.3) is 0 Å². The Kier molecular flexibility index (Phi) is 4.29. The van der Waals surface area contributed by atoms with Gasteiger partial charge in [0, 0.05) is 6.54 Å². The van der Waals surface area contributed by atoms with Crippen LogP contribution in [0.2, 0.25) is 5.02 Å². The Balaban J connectivity index is 1.75. The molecule has 0 spiro atoms. The zero-order valence-corrected chi connectivity index (χ0v) is 13.2. The highest BCUT2D eigenvalue weighted by Crippen LogP contribution is 2.32. The lowest BCUT2D eigenvalue weighted by molar-refractivity contribution is 0.0513. The second-order valence-electron chi connectivity index (χ2n) is 4.79. The van der Waals surface area contributed by atoms with Gasteiger partial charge < -0.3 is 10.1 Å². The first-order chi connectivity index (χ1) is 9.75. The Morgan fingerprint density at radius 3 is 2.95 bits per heavy atom. The molecule has 0 saturated carbocycles. The van der Waals surface area contributed by atoms with E-state index >= 15 is 0 Å². The first-order valence-electron chi connectivity index (χ1n) is 6.63. The van der Waals surface area contributed by atoms with E-state index in [2.05, 4.69) is 45.5 Å². The van der Waals surface area contributed by atoms with Crippen molar-refractivity contribution in [2.24, 2.45) is 0 Å². The van der Waals surface area contributed by atoms with Gasteiger partial charge in [-0.25, -0.2) is 0 Å². The summed E-state index contributed by atoms with van der Waals surface area (Å²) in [4.78, 5) is 0. The van der Waals surface area contributed by atoms with E-state index in [4.69, 9.17) is 16.3 Å². The quantitative estimate of drug-likeness (QED) is 0.854.